The first-order chi connectivity index (χ1) is 13.6. The predicted octanol–water partition coefficient (Wildman–Crippen LogP) is 1.92. The van der Waals surface area contributed by atoms with Crippen LogP contribution in [0.4, 0.5) is 5.69 Å². The maximum atomic E-state index is 12.7. The van der Waals surface area contributed by atoms with Gasteiger partial charge >= 0.3 is 11.8 Å². The molecular weight excluding hydrogens is 358 g/mol. The van der Waals surface area contributed by atoms with Crippen molar-refractivity contribution in [2.75, 3.05) is 24.5 Å². The van der Waals surface area contributed by atoms with Crippen LogP contribution in [0.5, 0.6) is 0 Å². The number of benzene rings is 2. The highest BCUT2D eigenvalue weighted by atomic mass is 16.3. The fourth-order valence-electron chi connectivity index (χ4n) is 3.33. The number of anilines is 1. The molecule has 0 aliphatic carbocycles. The molecule has 1 aliphatic rings. The molecule has 0 atom stereocenters. The van der Waals surface area contributed by atoms with Crippen LogP contribution in [0.15, 0.2) is 65.3 Å². The Morgan fingerprint density at radius 2 is 1.79 bits per heavy atom. The molecule has 142 valence electrons. The van der Waals surface area contributed by atoms with Crippen molar-refractivity contribution >= 4 is 34.2 Å². The van der Waals surface area contributed by atoms with Gasteiger partial charge in [0.15, 0.2) is 0 Å². The number of furan rings is 1. The summed E-state index contributed by atoms with van der Waals surface area (Å²) in [5.41, 5.74) is 0.707. The second-order valence-corrected chi connectivity index (χ2v) is 6.54. The van der Waals surface area contributed by atoms with E-state index in [4.69, 9.17) is 4.42 Å². The second kappa shape index (κ2) is 7.56. The van der Waals surface area contributed by atoms with Crippen LogP contribution in [-0.4, -0.2) is 42.3 Å². The molecule has 2 heterocycles. The van der Waals surface area contributed by atoms with Crippen LogP contribution in [0, 0.1) is 0 Å². The highest BCUT2D eigenvalue weighted by molar-refractivity contribution is 6.41. The molecule has 0 bridgehead atoms. The van der Waals surface area contributed by atoms with Gasteiger partial charge in [-0.2, -0.15) is 0 Å². The zero-order valence-corrected chi connectivity index (χ0v) is 15.1. The van der Waals surface area contributed by atoms with Gasteiger partial charge in [0.05, 0.1) is 18.5 Å². The van der Waals surface area contributed by atoms with E-state index in [1.807, 2.05) is 42.5 Å². The lowest BCUT2D eigenvalue weighted by Gasteiger charge is -2.33. The van der Waals surface area contributed by atoms with Crippen LogP contribution >= 0.6 is 0 Å². The third-order valence-electron chi connectivity index (χ3n) is 4.74. The van der Waals surface area contributed by atoms with Gasteiger partial charge in [-0.05, 0) is 23.6 Å². The van der Waals surface area contributed by atoms with E-state index in [0.717, 1.165) is 10.8 Å². The molecule has 2 aromatic carbocycles. The third-order valence-corrected chi connectivity index (χ3v) is 4.74. The molecule has 1 aromatic heterocycles. The number of hydrogen-bond donors (Lipinski definition) is 1. The molecule has 7 heteroatoms. The van der Waals surface area contributed by atoms with Crippen molar-refractivity contribution in [3.05, 3.63) is 66.6 Å². The summed E-state index contributed by atoms with van der Waals surface area (Å²) in [4.78, 5) is 40.1. The third kappa shape index (κ3) is 3.46. The Bertz CT molecular complexity index is 1020. The first-order valence-corrected chi connectivity index (χ1v) is 9.01. The van der Waals surface area contributed by atoms with Crippen molar-refractivity contribution in [1.29, 1.82) is 0 Å². The number of piperazine rings is 1. The van der Waals surface area contributed by atoms with E-state index in [1.54, 1.807) is 12.1 Å². The molecule has 1 aliphatic heterocycles. The number of carbonyl (C=O) groups is 3. The quantitative estimate of drug-likeness (QED) is 0.689. The molecule has 0 saturated carbocycles. The average Bonchev–Trinajstić information content (AvgIpc) is 3.24. The number of nitrogens with zero attached hydrogens (tertiary/aromatic N) is 2. The number of hydrogen-bond acceptors (Lipinski definition) is 4. The second-order valence-electron chi connectivity index (χ2n) is 6.54. The van der Waals surface area contributed by atoms with Crippen LogP contribution in [0.2, 0.25) is 0 Å². The standard InChI is InChI=1S/C21H19N3O4/c25-19(22-13-16-7-4-12-28-16)14-23-10-11-24(21(27)20(23)26)18-9-3-6-15-5-1-2-8-17(15)18/h1-9,12H,10-11,13-14H2,(H,22,25). The van der Waals surface area contributed by atoms with E-state index >= 15 is 0 Å². The summed E-state index contributed by atoms with van der Waals surface area (Å²) in [6.45, 7) is 0.713. The number of rotatable bonds is 5. The van der Waals surface area contributed by atoms with Gasteiger partial charge in [0.25, 0.3) is 0 Å². The Balaban J connectivity index is 1.44. The molecule has 0 spiro atoms. The Morgan fingerprint density at radius 3 is 2.61 bits per heavy atom. The zero-order valence-electron chi connectivity index (χ0n) is 15.1. The molecule has 1 fully saturated rings. The van der Waals surface area contributed by atoms with Crippen LogP contribution in [0.1, 0.15) is 5.76 Å². The summed E-state index contributed by atoms with van der Waals surface area (Å²) in [7, 11) is 0. The lowest BCUT2D eigenvalue weighted by molar-refractivity contribution is -0.147. The van der Waals surface area contributed by atoms with Gasteiger partial charge in [0, 0.05) is 18.5 Å². The highest BCUT2D eigenvalue weighted by Crippen LogP contribution is 2.28. The summed E-state index contributed by atoms with van der Waals surface area (Å²) in [5.74, 6) is -1.01. The molecule has 0 unspecified atom stereocenters. The highest BCUT2D eigenvalue weighted by Gasteiger charge is 2.34. The first-order valence-electron chi connectivity index (χ1n) is 9.01. The van der Waals surface area contributed by atoms with E-state index < -0.39 is 11.8 Å². The lowest BCUT2D eigenvalue weighted by atomic mass is 10.1. The Kier molecular flexibility index (Phi) is 4.80. The summed E-state index contributed by atoms with van der Waals surface area (Å²) < 4.78 is 5.15. The van der Waals surface area contributed by atoms with Gasteiger partial charge in [-0.25, -0.2) is 0 Å². The minimum atomic E-state index is -0.674. The van der Waals surface area contributed by atoms with Gasteiger partial charge in [-0.3, -0.25) is 14.4 Å². The van der Waals surface area contributed by atoms with Gasteiger partial charge in [-0.1, -0.05) is 36.4 Å². The van der Waals surface area contributed by atoms with Crippen molar-refractivity contribution in [2.24, 2.45) is 0 Å². The molecule has 28 heavy (non-hydrogen) atoms. The summed E-state index contributed by atoms with van der Waals surface area (Å²) in [6, 6.07) is 16.9. The first kappa shape index (κ1) is 17.8. The number of fused-ring (bicyclic) bond motifs is 1. The molecular formula is C21H19N3O4. The summed E-state index contributed by atoms with van der Waals surface area (Å²) in [5, 5.41) is 4.60. The molecule has 0 radical (unpaired) electrons. The van der Waals surface area contributed by atoms with E-state index in [1.165, 1.54) is 16.1 Å². The molecule has 1 N–H and O–H groups in total. The van der Waals surface area contributed by atoms with Gasteiger partial charge in [0.2, 0.25) is 5.91 Å². The number of nitrogens with one attached hydrogen (secondary N) is 1. The van der Waals surface area contributed by atoms with Crippen molar-refractivity contribution < 1.29 is 18.8 Å². The van der Waals surface area contributed by atoms with E-state index in [-0.39, 0.29) is 19.0 Å². The number of amides is 3. The molecule has 1 saturated heterocycles. The largest absolute Gasteiger partial charge is 0.467 e. The van der Waals surface area contributed by atoms with E-state index in [9.17, 15) is 14.4 Å². The van der Waals surface area contributed by atoms with E-state index in [2.05, 4.69) is 5.32 Å². The van der Waals surface area contributed by atoms with Gasteiger partial charge in [0.1, 0.15) is 12.3 Å². The number of carbonyl (C=O) groups excluding carboxylic acids is 3. The van der Waals surface area contributed by atoms with Gasteiger partial charge < -0.3 is 19.5 Å². The lowest BCUT2D eigenvalue weighted by Crippen LogP contribution is -2.56. The van der Waals surface area contributed by atoms with Crippen LogP contribution < -0.4 is 10.2 Å². The molecule has 7 nitrogen and oxygen atoms in total. The van der Waals surface area contributed by atoms with Gasteiger partial charge in [-0.15, -0.1) is 0 Å². The molecule has 4 rings (SSSR count). The Morgan fingerprint density at radius 1 is 0.964 bits per heavy atom. The minimum Gasteiger partial charge on any atom is -0.467 e. The normalized spacial score (nSPS) is 14.6. The van der Waals surface area contributed by atoms with Crippen LogP contribution in [0.3, 0.4) is 0 Å². The maximum absolute atomic E-state index is 12.7. The molecule has 3 amide bonds. The topological polar surface area (TPSA) is 82.9 Å². The predicted molar refractivity (Wildman–Crippen MR) is 103 cm³/mol. The van der Waals surface area contributed by atoms with Crippen molar-refractivity contribution in [1.82, 2.24) is 10.2 Å². The fourth-order valence-corrected chi connectivity index (χ4v) is 3.33. The van der Waals surface area contributed by atoms with Crippen molar-refractivity contribution in [2.45, 2.75) is 6.54 Å². The molecule has 3 aromatic rings. The summed E-state index contributed by atoms with van der Waals surface area (Å²) >= 11 is 0. The Hall–Kier alpha value is -3.61. The monoisotopic (exact) mass is 377 g/mol. The van der Waals surface area contributed by atoms with Crippen molar-refractivity contribution in [3.8, 4) is 0 Å². The smallest absolute Gasteiger partial charge is 0.316 e. The van der Waals surface area contributed by atoms with Crippen LogP contribution in [-0.2, 0) is 20.9 Å². The maximum Gasteiger partial charge on any atom is 0.316 e. The zero-order chi connectivity index (χ0) is 19.5. The van der Waals surface area contributed by atoms with Crippen LogP contribution in [0.25, 0.3) is 10.8 Å². The fraction of sp³-hybridized carbons (Fsp3) is 0.190. The SMILES string of the molecule is O=C(CN1CCN(c2cccc3ccccc23)C(=O)C1=O)NCc1ccco1. The average molecular weight is 377 g/mol. The van der Waals surface area contributed by atoms with Crippen molar-refractivity contribution in [3.63, 3.8) is 0 Å². The minimum absolute atomic E-state index is 0.158. The summed E-state index contributed by atoms with van der Waals surface area (Å²) in [6.07, 6.45) is 1.52. The Labute approximate surface area is 161 Å². The van der Waals surface area contributed by atoms with E-state index in [0.29, 0.717) is 24.5 Å².